The Balaban J connectivity index is 1.80. The standard InChI is InChI=1S/C10H19NO3/c1-12-8-13-9-6-10(14-7-9)2-4-11-5-3-10/h9,11H,2-8H2,1H3. The van der Waals surface area contributed by atoms with Crippen LogP contribution < -0.4 is 5.32 Å². The predicted octanol–water partition coefficient (Wildman–Crippen LogP) is 0.518. The van der Waals surface area contributed by atoms with E-state index in [-0.39, 0.29) is 11.7 Å². The summed E-state index contributed by atoms with van der Waals surface area (Å²) >= 11 is 0. The normalized spacial score (nSPS) is 31.1. The maximum atomic E-state index is 5.87. The molecule has 0 aromatic rings. The molecule has 14 heavy (non-hydrogen) atoms. The summed E-state index contributed by atoms with van der Waals surface area (Å²) in [6.45, 7) is 3.24. The van der Waals surface area contributed by atoms with Crippen molar-refractivity contribution in [1.29, 1.82) is 0 Å². The molecule has 0 aromatic carbocycles. The summed E-state index contributed by atoms with van der Waals surface area (Å²) in [5.74, 6) is 0. The molecule has 0 amide bonds. The molecule has 0 saturated carbocycles. The fraction of sp³-hybridized carbons (Fsp3) is 1.00. The largest absolute Gasteiger partial charge is 0.372 e. The lowest BCUT2D eigenvalue weighted by molar-refractivity contribution is -0.0730. The van der Waals surface area contributed by atoms with Crippen molar-refractivity contribution in [2.24, 2.45) is 0 Å². The molecule has 4 nitrogen and oxygen atoms in total. The highest BCUT2D eigenvalue weighted by Crippen LogP contribution is 2.34. The zero-order valence-electron chi connectivity index (χ0n) is 8.75. The van der Waals surface area contributed by atoms with Gasteiger partial charge in [-0.1, -0.05) is 0 Å². The van der Waals surface area contributed by atoms with E-state index in [0.717, 1.165) is 39.0 Å². The second-order valence-corrected chi connectivity index (χ2v) is 4.14. The number of nitrogens with one attached hydrogen (secondary N) is 1. The number of hydrogen-bond donors (Lipinski definition) is 1. The monoisotopic (exact) mass is 201 g/mol. The van der Waals surface area contributed by atoms with Crippen molar-refractivity contribution >= 4 is 0 Å². The quantitative estimate of drug-likeness (QED) is 0.676. The highest BCUT2D eigenvalue weighted by atomic mass is 16.7. The van der Waals surface area contributed by atoms with E-state index < -0.39 is 0 Å². The van der Waals surface area contributed by atoms with Gasteiger partial charge in [-0.05, 0) is 25.9 Å². The van der Waals surface area contributed by atoms with Crippen LogP contribution in [0, 0.1) is 0 Å². The van der Waals surface area contributed by atoms with Crippen molar-refractivity contribution in [2.75, 3.05) is 33.6 Å². The van der Waals surface area contributed by atoms with Crippen molar-refractivity contribution in [3.05, 3.63) is 0 Å². The van der Waals surface area contributed by atoms with Crippen molar-refractivity contribution < 1.29 is 14.2 Å². The first-order valence-electron chi connectivity index (χ1n) is 5.30. The molecule has 1 N–H and O–H groups in total. The first kappa shape index (κ1) is 10.4. The first-order chi connectivity index (χ1) is 6.85. The van der Waals surface area contributed by atoms with Crippen LogP contribution in [0.25, 0.3) is 0 Å². The predicted molar refractivity (Wildman–Crippen MR) is 52.2 cm³/mol. The van der Waals surface area contributed by atoms with E-state index in [4.69, 9.17) is 14.2 Å². The molecular formula is C10H19NO3. The van der Waals surface area contributed by atoms with Crippen molar-refractivity contribution in [2.45, 2.75) is 31.0 Å². The molecule has 2 saturated heterocycles. The van der Waals surface area contributed by atoms with Gasteiger partial charge in [-0.2, -0.15) is 0 Å². The third-order valence-corrected chi connectivity index (χ3v) is 3.11. The lowest BCUT2D eigenvalue weighted by atomic mass is 9.89. The van der Waals surface area contributed by atoms with Crippen molar-refractivity contribution in [1.82, 2.24) is 5.32 Å². The maximum Gasteiger partial charge on any atom is 0.146 e. The van der Waals surface area contributed by atoms with Crippen LogP contribution in [0.15, 0.2) is 0 Å². The Hall–Kier alpha value is -0.160. The minimum Gasteiger partial charge on any atom is -0.372 e. The van der Waals surface area contributed by atoms with Gasteiger partial charge in [0, 0.05) is 13.5 Å². The smallest absolute Gasteiger partial charge is 0.146 e. The second-order valence-electron chi connectivity index (χ2n) is 4.14. The zero-order chi connectivity index (χ0) is 9.86. The fourth-order valence-corrected chi connectivity index (χ4v) is 2.30. The Morgan fingerprint density at radius 1 is 1.43 bits per heavy atom. The summed E-state index contributed by atoms with van der Waals surface area (Å²) in [6.07, 6.45) is 3.48. The molecule has 4 heteroatoms. The van der Waals surface area contributed by atoms with E-state index in [0.29, 0.717) is 6.79 Å². The third-order valence-electron chi connectivity index (χ3n) is 3.11. The van der Waals surface area contributed by atoms with Crippen LogP contribution in [0.5, 0.6) is 0 Å². The van der Waals surface area contributed by atoms with Gasteiger partial charge in [0.05, 0.1) is 18.3 Å². The molecule has 0 bridgehead atoms. The topological polar surface area (TPSA) is 39.7 Å². The van der Waals surface area contributed by atoms with Gasteiger partial charge in [-0.15, -0.1) is 0 Å². The third kappa shape index (κ3) is 2.25. The molecule has 1 unspecified atom stereocenters. The van der Waals surface area contributed by atoms with Crippen LogP contribution in [0.1, 0.15) is 19.3 Å². The van der Waals surface area contributed by atoms with Gasteiger partial charge in [0.15, 0.2) is 0 Å². The average Bonchev–Trinajstić information content (AvgIpc) is 2.60. The number of hydrogen-bond acceptors (Lipinski definition) is 4. The summed E-state index contributed by atoms with van der Waals surface area (Å²) in [6, 6.07) is 0. The Bertz CT molecular complexity index is 180. The van der Waals surface area contributed by atoms with Crippen LogP contribution in [0.4, 0.5) is 0 Å². The van der Waals surface area contributed by atoms with E-state index >= 15 is 0 Å². The van der Waals surface area contributed by atoms with Gasteiger partial charge in [-0.25, -0.2) is 0 Å². The van der Waals surface area contributed by atoms with Crippen molar-refractivity contribution in [3.63, 3.8) is 0 Å². The fourth-order valence-electron chi connectivity index (χ4n) is 2.30. The minimum absolute atomic E-state index is 0.101. The molecule has 0 aromatic heterocycles. The van der Waals surface area contributed by atoms with Crippen LogP contribution in [-0.4, -0.2) is 45.3 Å². The average molecular weight is 201 g/mol. The Morgan fingerprint density at radius 3 is 2.93 bits per heavy atom. The van der Waals surface area contributed by atoms with E-state index in [1.807, 2.05) is 0 Å². The number of piperidine rings is 1. The summed E-state index contributed by atoms with van der Waals surface area (Å²) in [4.78, 5) is 0. The SMILES string of the molecule is COCOC1COC2(CCNCC2)C1. The van der Waals surface area contributed by atoms with Gasteiger partial charge in [0.25, 0.3) is 0 Å². The van der Waals surface area contributed by atoms with Crippen LogP contribution >= 0.6 is 0 Å². The van der Waals surface area contributed by atoms with E-state index in [1.165, 1.54) is 0 Å². The summed E-state index contributed by atoms with van der Waals surface area (Å²) < 4.78 is 16.3. The first-order valence-corrected chi connectivity index (χ1v) is 5.30. The Kier molecular flexibility index (Phi) is 3.38. The zero-order valence-corrected chi connectivity index (χ0v) is 8.75. The summed E-state index contributed by atoms with van der Waals surface area (Å²) in [5.41, 5.74) is 0.101. The molecule has 2 rings (SSSR count). The second kappa shape index (κ2) is 4.57. The molecular weight excluding hydrogens is 182 g/mol. The molecule has 2 aliphatic heterocycles. The van der Waals surface area contributed by atoms with Gasteiger partial charge < -0.3 is 19.5 Å². The Morgan fingerprint density at radius 2 is 2.21 bits per heavy atom. The molecule has 0 aliphatic carbocycles. The van der Waals surface area contributed by atoms with Gasteiger partial charge in [0.2, 0.25) is 0 Å². The van der Waals surface area contributed by atoms with Crippen LogP contribution in [0.3, 0.4) is 0 Å². The molecule has 82 valence electrons. The molecule has 1 spiro atoms. The molecule has 2 heterocycles. The molecule has 1 atom stereocenters. The number of ether oxygens (including phenoxy) is 3. The minimum atomic E-state index is 0.101. The Labute approximate surface area is 84.9 Å². The molecule has 2 aliphatic rings. The lowest BCUT2D eigenvalue weighted by Gasteiger charge is -2.32. The van der Waals surface area contributed by atoms with Crippen LogP contribution in [-0.2, 0) is 14.2 Å². The van der Waals surface area contributed by atoms with E-state index in [2.05, 4.69) is 5.32 Å². The van der Waals surface area contributed by atoms with E-state index in [1.54, 1.807) is 7.11 Å². The maximum absolute atomic E-state index is 5.87. The number of rotatable bonds is 3. The van der Waals surface area contributed by atoms with Gasteiger partial charge in [0.1, 0.15) is 6.79 Å². The van der Waals surface area contributed by atoms with Crippen molar-refractivity contribution in [3.8, 4) is 0 Å². The molecule has 2 fully saturated rings. The summed E-state index contributed by atoms with van der Waals surface area (Å²) in [5, 5.41) is 3.35. The lowest BCUT2D eigenvalue weighted by Crippen LogP contribution is -2.41. The highest BCUT2D eigenvalue weighted by molar-refractivity contribution is 4.93. The van der Waals surface area contributed by atoms with Gasteiger partial charge >= 0.3 is 0 Å². The number of methoxy groups -OCH3 is 1. The highest BCUT2D eigenvalue weighted by Gasteiger charge is 2.41. The van der Waals surface area contributed by atoms with Gasteiger partial charge in [-0.3, -0.25) is 0 Å². The molecule has 0 radical (unpaired) electrons. The van der Waals surface area contributed by atoms with E-state index in [9.17, 15) is 0 Å². The summed E-state index contributed by atoms with van der Waals surface area (Å²) in [7, 11) is 1.65. The van der Waals surface area contributed by atoms with Crippen LogP contribution in [0.2, 0.25) is 0 Å².